The van der Waals surface area contributed by atoms with E-state index in [-0.39, 0.29) is 27.3 Å². The highest BCUT2D eigenvalue weighted by atomic mass is 32.2. The van der Waals surface area contributed by atoms with Gasteiger partial charge < -0.3 is 73.8 Å². The molecule has 2 heterocycles. The normalized spacial score (nSPS) is 23.5. The molecule has 0 aromatic heterocycles. The Morgan fingerprint density at radius 1 is 0.721 bits per heavy atom. The maximum Gasteiger partial charge on any atom is 0.287 e. The first-order chi connectivity index (χ1) is 40.3. The van der Waals surface area contributed by atoms with Gasteiger partial charge in [0.25, 0.3) is 5.91 Å². The highest BCUT2D eigenvalue weighted by Crippen LogP contribution is 2.19. The van der Waals surface area contributed by atoms with Crippen molar-refractivity contribution in [1.29, 1.82) is 0 Å². The molecular formula is C56H87N14O10S6+. The number of hydrogen-bond acceptors (Lipinski definition) is 17. The minimum Gasteiger partial charge on any atom is -0.384 e. The van der Waals surface area contributed by atoms with Gasteiger partial charge in [0, 0.05) is 31.8 Å². The van der Waals surface area contributed by atoms with Gasteiger partial charge in [0.15, 0.2) is 6.67 Å². The van der Waals surface area contributed by atoms with Gasteiger partial charge in [-0.1, -0.05) is 114 Å². The first-order valence-electron chi connectivity index (χ1n) is 28.2. The topological polar surface area (TPSA) is 326 Å². The van der Waals surface area contributed by atoms with E-state index in [0.717, 1.165) is 16.7 Å². The Hall–Kier alpha value is -5.89. The Morgan fingerprint density at radius 3 is 1.87 bits per heavy atom. The van der Waals surface area contributed by atoms with Crippen LogP contribution < -0.4 is 68.7 Å². The van der Waals surface area contributed by atoms with Gasteiger partial charge in [0.05, 0.1) is 51.2 Å². The van der Waals surface area contributed by atoms with E-state index in [2.05, 4.69) is 63.8 Å². The molecule has 30 heteroatoms. The molecule has 12 unspecified atom stereocenters. The number of nitrogens with zero attached hydrogens (tertiary/aromatic N) is 1. The van der Waals surface area contributed by atoms with E-state index in [1.807, 2.05) is 27.2 Å². The maximum atomic E-state index is 14.4. The van der Waals surface area contributed by atoms with Crippen molar-refractivity contribution in [3.05, 3.63) is 59.4 Å². The van der Waals surface area contributed by atoms with Crippen LogP contribution in [0.15, 0.2) is 53.8 Å². The van der Waals surface area contributed by atoms with Crippen LogP contribution in [0.3, 0.4) is 0 Å². The van der Waals surface area contributed by atoms with Crippen molar-refractivity contribution in [1.82, 2.24) is 68.7 Å². The van der Waals surface area contributed by atoms with Gasteiger partial charge >= 0.3 is 0 Å². The fourth-order valence-electron chi connectivity index (χ4n) is 8.66. The van der Waals surface area contributed by atoms with Crippen LogP contribution in [0.5, 0.6) is 0 Å². The van der Waals surface area contributed by atoms with Crippen LogP contribution in [0.4, 0.5) is 0 Å². The molecule has 0 saturated heterocycles. The predicted octanol–water partition coefficient (Wildman–Crippen LogP) is -1.14. The van der Waals surface area contributed by atoms with Gasteiger partial charge in [-0.25, -0.2) is 0 Å². The van der Waals surface area contributed by atoms with E-state index in [9.17, 15) is 48.3 Å². The van der Waals surface area contributed by atoms with Crippen LogP contribution in [0, 0.1) is 11.8 Å². The lowest BCUT2D eigenvalue weighted by molar-refractivity contribution is -0.826. The maximum absolute atomic E-state index is 14.4. The number of thioether (sulfide) groups is 2. The summed E-state index contributed by atoms with van der Waals surface area (Å²) >= 11 is 25.4. The molecule has 0 radical (unpaired) electrons. The van der Waals surface area contributed by atoms with Crippen LogP contribution in [-0.4, -0.2) is 194 Å². The molecule has 1 aromatic rings. The molecule has 0 saturated carbocycles. The second-order valence-corrected chi connectivity index (χ2v) is 26.1. The number of carbonyl (C=O) groups excluding carboxylic acids is 9. The molecule has 0 fully saturated rings. The summed E-state index contributed by atoms with van der Waals surface area (Å²) in [5, 5.41) is 46.5. The van der Waals surface area contributed by atoms with Crippen molar-refractivity contribution in [3.63, 3.8) is 0 Å². The molecule has 0 bridgehead atoms. The molecule has 24 nitrogen and oxygen atoms in total. The van der Waals surface area contributed by atoms with Crippen molar-refractivity contribution in [3.8, 4) is 0 Å². The number of quaternary nitrogens is 1. The molecule has 0 aliphatic carbocycles. The molecule has 14 atom stereocenters. The van der Waals surface area contributed by atoms with E-state index in [1.165, 1.54) is 32.4 Å². The average molecular weight is 1310 g/mol. The summed E-state index contributed by atoms with van der Waals surface area (Å²) in [5.41, 5.74) is 1.05. The number of rotatable bonds is 23. The molecule has 2 aliphatic heterocycles. The van der Waals surface area contributed by atoms with Crippen molar-refractivity contribution >= 4 is 145 Å². The predicted molar refractivity (Wildman–Crippen MR) is 351 cm³/mol. The smallest absolute Gasteiger partial charge is 0.287 e. The highest BCUT2D eigenvalue weighted by Gasteiger charge is 2.39. The molecule has 14 N–H and O–H groups in total. The molecule has 2 aliphatic rings. The molecule has 0 spiro atoms. The zero-order valence-corrected chi connectivity index (χ0v) is 56.0. The number of amides is 8. The van der Waals surface area contributed by atoms with Gasteiger partial charge in [-0.15, -0.1) is 11.8 Å². The number of benzene rings is 1. The Balaban J connectivity index is 1.78. The lowest BCUT2D eigenvalue weighted by atomic mass is 10.0. The fourth-order valence-corrected chi connectivity index (χ4v) is 11.2. The Kier molecular flexibility index (Phi) is 31.0. The van der Waals surface area contributed by atoms with E-state index in [1.54, 1.807) is 102 Å². The summed E-state index contributed by atoms with van der Waals surface area (Å²) in [6.45, 7) is 18.3. The number of aliphatic hydroxyl groups is 1. The van der Waals surface area contributed by atoms with E-state index >= 15 is 0 Å². The number of hydrogen-bond donors (Lipinski definition) is 14. The number of carbonyl (C=O) groups is 9. The zero-order valence-electron chi connectivity index (χ0n) is 51.1. The number of thiocarbonyl (C=S) groups is 4. The highest BCUT2D eigenvalue weighted by molar-refractivity contribution is 8.02. The second kappa shape index (κ2) is 35.8. The first-order valence-corrected chi connectivity index (χ1v) is 32.2. The third-order valence-electron chi connectivity index (χ3n) is 13.9. The van der Waals surface area contributed by atoms with Crippen molar-refractivity contribution in [2.24, 2.45) is 11.8 Å². The first kappa shape index (κ1) is 74.4. The van der Waals surface area contributed by atoms with Gasteiger partial charge in [0.2, 0.25) is 47.1 Å². The molecular weight excluding hydrogens is 1220 g/mol. The van der Waals surface area contributed by atoms with E-state index in [4.69, 9.17) is 48.9 Å². The number of ketones is 1. The average Bonchev–Trinajstić information content (AvgIpc) is 3.37. The van der Waals surface area contributed by atoms with Crippen LogP contribution in [0.25, 0.3) is 0 Å². The second-order valence-electron chi connectivity index (χ2n) is 22.1. The van der Waals surface area contributed by atoms with Crippen LogP contribution in [0.1, 0.15) is 88.1 Å². The number of nitrogens with one attached hydrogen (secondary N) is 13. The van der Waals surface area contributed by atoms with Crippen molar-refractivity contribution in [2.45, 2.75) is 167 Å². The minimum atomic E-state index is -1.57. The Labute approximate surface area is 534 Å². The summed E-state index contributed by atoms with van der Waals surface area (Å²) in [4.78, 5) is 126. The van der Waals surface area contributed by atoms with E-state index < -0.39 is 137 Å². The van der Waals surface area contributed by atoms with Crippen molar-refractivity contribution < 1.29 is 53.2 Å². The lowest BCUT2D eigenvalue weighted by Gasteiger charge is -2.30. The van der Waals surface area contributed by atoms with Gasteiger partial charge in [-0.2, -0.15) is 11.8 Å². The zero-order chi connectivity index (χ0) is 64.9. The quantitative estimate of drug-likeness (QED) is 0.0455. The largest absolute Gasteiger partial charge is 0.384 e. The fraction of sp³-hybridized carbons (Fsp3) is 0.589. The molecule has 3 rings (SSSR count). The lowest BCUT2D eigenvalue weighted by Crippen LogP contribution is -3.03. The third-order valence-corrected chi connectivity index (χ3v) is 17.2. The standard InChI is InChI=1S/C56H86N14O10S6/c1-27(2)40-51(79)58-29(5)46(74)63-38(24-36-18-16-15-17-19-36)49(77)68-43(44(72)39-25-69(12)26-70(39)13)50(78)57-21-23-86-35(11)42(52(80)65-40)67-47(75)31(7)60-54(82)33(9)62-53(81)32(8)59-45(73)30(6)61-55(83)37(20-22-85-14)64-56(84)41(28(3)4)66-48(76)34(10)71/h15-19,21,23,25,27-33,35,37-38,40-44,72H,20,22,24,26H2,1-14H3,(H,57,78)(H,58,79)(H,59,73)(H,60,82)(H,61,83)(H,62,81)(H,63,74)(H,64,84)(H,65,80)(H,66,76)(H,67,75)(H,68,77)/p+1/b23-21+/t29?,30-,31?,32?,33?,35?,37?,38-,40?,41?,42?,43?,44?/m0/s1. The van der Waals surface area contributed by atoms with Gasteiger partial charge in [-0.3, -0.25) is 48.1 Å². The third kappa shape index (κ3) is 23.3. The summed E-state index contributed by atoms with van der Waals surface area (Å²) in [7, 11) is 3.60. The number of aliphatic hydroxyl groups excluding tert-OH is 1. The Bertz CT molecular complexity index is 2710. The van der Waals surface area contributed by atoms with Crippen LogP contribution in [-0.2, 0) is 49.6 Å². The summed E-state index contributed by atoms with van der Waals surface area (Å²) < 4.78 is 0. The van der Waals surface area contributed by atoms with E-state index in [0.29, 0.717) is 35.1 Å². The molecule has 1 aromatic carbocycles. The number of Topliss-reactive ketones (excluding diaryl/α,β-unsaturated/α-hetero) is 1. The SMILES string of the molecule is CSCCC(NC(=S)C(NC(=O)C(C)=O)C(C)C)C(=S)N[C@@H](C)C(=O)NC(C)C(=S)NC(C)C(=S)NC(C)C(=O)NC1C(=O)NC(C(C)C)C(=O)NC(C)C(=O)N[C@@H](Cc2ccccc2)C(=O)NC(C(O)C2=C[NH+](C)CN2C)C(=O)N/C=C/SC1C. The summed E-state index contributed by atoms with van der Waals surface area (Å²) in [6, 6.07) is -2.19. The summed E-state index contributed by atoms with van der Waals surface area (Å²) in [6.07, 6.45) is 3.92. The Morgan fingerprint density at radius 2 is 1.30 bits per heavy atom. The molecule has 8 amide bonds. The van der Waals surface area contributed by atoms with Gasteiger partial charge in [0.1, 0.15) is 60.3 Å². The minimum absolute atomic E-state index is 0.0144. The molecule has 86 heavy (non-hydrogen) atoms. The van der Waals surface area contributed by atoms with Gasteiger partial charge in [-0.05, 0) is 75.9 Å². The summed E-state index contributed by atoms with van der Waals surface area (Å²) in [5.74, 6) is -6.28. The number of likely N-dealkylation sites (N-methyl/N-ethyl adjacent to an activating group) is 1. The monoisotopic (exact) mass is 1310 g/mol. The van der Waals surface area contributed by atoms with Crippen LogP contribution in [0.2, 0.25) is 0 Å². The van der Waals surface area contributed by atoms with Crippen molar-refractivity contribution in [2.75, 3.05) is 32.8 Å². The van der Waals surface area contributed by atoms with Crippen LogP contribution >= 0.6 is 72.4 Å². The molecule has 476 valence electrons.